The maximum Gasteiger partial charge on any atom is 0.336 e. The van der Waals surface area contributed by atoms with Gasteiger partial charge in [0.25, 0.3) is 5.69 Å². The molecule has 0 bridgehead atoms. The lowest BCUT2D eigenvalue weighted by Crippen LogP contribution is -2.27. The summed E-state index contributed by atoms with van der Waals surface area (Å²) < 4.78 is 11.2. The molecule has 0 N–H and O–H groups in total. The molecule has 1 atom stereocenters. The molecule has 0 amide bonds. The molecule has 3 rings (SSSR count). The number of carbonyl (C=O) groups excluding carboxylic acids is 1. The summed E-state index contributed by atoms with van der Waals surface area (Å²) in [7, 11) is 0. The van der Waals surface area contributed by atoms with E-state index in [1.54, 1.807) is 18.2 Å². The largest absolute Gasteiger partial charge is 0.482 e. The number of hydrogen-bond acceptors (Lipinski definition) is 6. The van der Waals surface area contributed by atoms with Crippen LogP contribution in [-0.4, -0.2) is 16.8 Å². The molecule has 0 saturated carbocycles. The summed E-state index contributed by atoms with van der Waals surface area (Å²) in [5.74, 6) is 0.168. The second-order valence-corrected chi connectivity index (χ2v) is 6.82. The minimum Gasteiger partial charge on any atom is -0.482 e. The second-order valence-electron chi connectivity index (χ2n) is 6.82. The fourth-order valence-corrected chi connectivity index (χ4v) is 3.11. The summed E-state index contributed by atoms with van der Waals surface area (Å²) in [4.78, 5) is 34.9. The maximum absolute atomic E-state index is 12.9. The van der Waals surface area contributed by atoms with Crippen molar-refractivity contribution in [1.29, 1.82) is 0 Å². The monoisotopic (exact) mass is 395 g/mol. The van der Waals surface area contributed by atoms with Crippen molar-refractivity contribution in [2.45, 2.75) is 39.2 Å². The first kappa shape index (κ1) is 20.3. The zero-order valence-corrected chi connectivity index (χ0v) is 16.2. The molecule has 0 aliphatic carbocycles. The smallest absolute Gasteiger partial charge is 0.336 e. The number of hydrogen-bond donors (Lipinski definition) is 0. The Morgan fingerprint density at radius 3 is 2.55 bits per heavy atom. The van der Waals surface area contributed by atoms with Crippen LogP contribution in [0.3, 0.4) is 0 Å². The van der Waals surface area contributed by atoms with Gasteiger partial charge in [-0.3, -0.25) is 14.9 Å². The van der Waals surface area contributed by atoms with Crippen LogP contribution >= 0.6 is 0 Å². The lowest BCUT2D eigenvalue weighted by molar-refractivity contribution is -0.384. The molecule has 1 unspecified atom stereocenters. The molecule has 7 nitrogen and oxygen atoms in total. The van der Waals surface area contributed by atoms with Crippen molar-refractivity contribution >= 4 is 22.4 Å². The van der Waals surface area contributed by atoms with Gasteiger partial charge in [0.2, 0.25) is 5.78 Å². The molecule has 0 aliphatic heterocycles. The van der Waals surface area contributed by atoms with Crippen molar-refractivity contribution in [1.82, 2.24) is 0 Å². The second kappa shape index (κ2) is 8.68. The van der Waals surface area contributed by atoms with Crippen LogP contribution in [0.25, 0.3) is 11.0 Å². The van der Waals surface area contributed by atoms with E-state index in [1.807, 2.05) is 13.8 Å². The summed E-state index contributed by atoms with van der Waals surface area (Å²) >= 11 is 0. The van der Waals surface area contributed by atoms with Crippen molar-refractivity contribution in [3.63, 3.8) is 0 Å². The Bertz CT molecular complexity index is 1100. The Hall–Kier alpha value is -3.48. The third kappa shape index (κ3) is 4.68. The first-order chi connectivity index (χ1) is 13.9. The highest BCUT2D eigenvalue weighted by Crippen LogP contribution is 2.25. The Morgan fingerprint density at radius 1 is 1.17 bits per heavy atom. The van der Waals surface area contributed by atoms with Gasteiger partial charge in [-0.05, 0) is 49.6 Å². The molecular weight excluding hydrogens is 374 g/mol. The first-order valence-corrected chi connectivity index (χ1v) is 9.39. The van der Waals surface area contributed by atoms with Crippen molar-refractivity contribution in [2.75, 3.05) is 0 Å². The summed E-state index contributed by atoms with van der Waals surface area (Å²) in [5, 5.41) is 11.6. The van der Waals surface area contributed by atoms with Crippen LogP contribution in [0.5, 0.6) is 5.75 Å². The van der Waals surface area contributed by atoms with Crippen LogP contribution in [0.4, 0.5) is 5.69 Å². The first-order valence-electron chi connectivity index (χ1n) is 9.39. The number of aryl methyl sites for hydroxylation is 1. The fraction of sp³-hybridized carbons (Fsp3) is 0.273. The molecule has 0 spiro atoms. The Balaban J connectivity index is 1.88. The number of nitro benzene ring substituents is 1. The van der Waals surface area contributed by atoms with E-state index >= 15 is 0 Å². The Morgan fingerprint density at radius 2 is 1.90 bits per heavy atom. The number of nitro groups is 1. The highest BCUT2D eigenvalue weighted by atomic mass is 16.6. The molecule has 3 aromatic rings. The van der Waals surface area contributed by atoms with Gasteiger partial charge >= 0.3 is 5.63 Å². The molecule has 0 aliphatic rings. The van der Waals surface area contributed by atoms with Crippen molar-refractivity contribution < 1.29 is 18.9 Å². The van der Waals surface area contributed by atoms with E-state index in [4.69, 9.17) is 9.15 Å². The average molecular weight is 395 g/mol. The SMILES string of the molecule is CCCCC(Oc1ccc2c(C)cc(=O)oc2c1)C(=O)c1ccc([N+](=O)[O-])cc1. The molecule has 0 fully saturated rings. The fourth-order valence-electron chi connectivity index (χ4n) is 3.11. The van der Waals surface area contributed by atoms with E-state index in [0.29, 0.717) is 23.3 Å². The molecule has 1 heterocycles. The summed E-state index contributed by atoms with van der Waals surface area (Å²) in [6.07, 6.45) is 1.43. The van der Waals surface area contributed by atoms with Gasteiger partial charge in [-0.1, -0.05) is 13.3 Å². The number of ether oxygens (including phenoxy) is 1. The van der Waals surface area contributed by atoms with E-state index in [-0.39, 0.29) is 11.5 Å². The molecular formula is C22H21NO6. The van der Waals surface area contributed by atoms with Gasteiger partial charge in [0.1, 0.15) is 11.3 Å². The van der Waals surface area contributed by atoms with Crippen LogP contribution in [0.1, 0.15) is 42.1 Å². The number of rotatable bonds is 8. The number of carbonyl (C=O) groups is 1. The normalized spacial score (nSPS) is 11.9. The Labute approximate surface area is 167 Å². The molecule has 150 valence electrons. The van der Waals surface area contributed by atoms with E-state index in [0.717, 1.165) is 23.8 Å². The molecule has 0 radical (unpaired) electrons. The third-order valence-electron chi connectivity index (χ3n) is 4.68. The Kier molecular flexibility index (Phi) is 6.07. The molecule has 7 heteroatoms. The standard InChI is InChI=1S/C22H21NO6/c1-3-4-5-19(22(25)15-6-8-16(9-7-15)23(26)27)28-17-10-11-18-14(2)12-21(24)29-20(18)13-17/h6-13,19H,3-5H2,1-2H3. The lowest BCUT2D eigenvalue weighted by atomic mass is 10.0. The lowest BCUT2D eigenvalue weighted by Gasteiger charge is -2.18. The third-order valence-corrected chi connectivity index (χ3v) is 4.68. The van der Waals surface area contributed by atoms with Gasteiger partial charge < -0.3 is 9.15 Å². The van der Waals surface area contributed by atoms with Crippen molar-refractivity contribution in [3.8, 4) is 5.75 Å². The number of non-ortho nitro benzene ring substituents is 1. The van der Waals surface area contributed by atoms with Crippen molar-refractivity contribution in [2.24, 2.45) is 0 Å². The number of nitrogens with zero attached hydrogens (tertiary/aromatic N) is 1. The number of ketones is 1. The summed E-state index contributed by atoms with van der Waals surface area (Å²) in [5.41, 5.74) is 1.01. The number of Topliss-reactive ketones (excluding diaryl/α,β-unsaturated/α-hetero) is 1. The highest BCUT2D eigenvalue weighted by Gasteiger charge is 2.22. The van der Waals surface area contributed by atoms with E-state index < -0.39 is 16.7 Å². The van der Waals surface area contributed by atoms with E-state index in [2.05, 4.69) is 0 Å². The van der Waals surface area contributed by atoms with Gasteiger partial charge in [0, 0.05) is 35.2 Å². The molecule has 0 saturated heterocycles. The molecule has 29 heavy (non-hydrogen) atoms. The van der Waals surface area contributed by atoms with Crippen LogP contribution in [0.2, 0.25) is 0 Å². The average Bonchev–Trinajstić information content (AvgIpc) is 2.70. The van der Waals surface area contributed by atoms with Gasteiger partial charge in [-0.25, -0.2) is 4.79 Å². The maximum atomic E-state index is 12.9. The summed E-state index contributed by atoms with van der Waals surface area (Å²) in [6.45, 7) is 3.84. The zero-order valence-electron chi connectivity index (χ0n) is 16.2. The number of fused-ring (bicyclic) bond motifs is 1. The van der Waals surface area contributed by atoms with Gasteiger partial charge in [0.05, 0.1) is 4.92 Å². The van der Waals surface area contributed by atoms with Crippen LogP contribution in [-0.2, 0) is 0 Å². The number of unbranched alkanes of at least 4 members (excludes halogenated alkanes) is 1. The van der Waals surface area contributed by atoms with Crippen LogP contribution < -0.4 is 10.4 Å². The van der Waals surface area contributed by atoms with Gasteiger partial charge in [-0.15, -0.1) is 0 Å². The predicted octanol–water partition coefficient (Wildman–Crippen LogP) is 4.83. The molecule has 2 aromatic carbocycles. The van der Waals surface area contributed by atoms with Gasteiger partial charge in [-0.2, -0.15) is 0 Å². The van der Waals surface area contributed by atoms with Gasteiger partial charge in [0.15, 0.2) is 6.10 Å². The number of benzene rings is 2. The molecule has 1 aromatic heterocycles. The van der Waals surface area contributed by atoms with E-state index in [9.17, 15) is 19.7 Å². The predicted molar refractivity (Wildman–Crippen MR) is 109 cm³/mol. The zero-order chi connectivity index (χ0) is 21.0. The minimum absolute atomic E-state index is 0.0764. The quantitative estimate of drug-likeness (QED) is 0.234. The van der Waals surface area contributed by atoms with E-state index in [1.165, 1.54) is 30.3 Å². The highest BCUT2D eigenvalue weighted by molar-refractivity contribution is 5.99. The van der Waals surface area contributed by atoms with Crippen LogP contribution in [0, 0.1) is 17.0 Å². The minimum atomic E-state index is -0.745. The van der Waals surface area contributed by atoms with Crippen molar-refractivity contribution in [3.05, 3.63) is 80.2 Å². The van der Waals surface area contributed by atoms with Crippen LogP contribution in [0.15, 0.2) is 57.7 Å². The summed E-state index contributed by atoms with van der Waals surface area (Å²) in [6, 6.07) is 12.0. The topological polar surface area (TPSA) is 99.7 Å².